The summed E-state index contributed by atoms with van der Waals surface area (Å²) in [7, 11) is 0. The number of ether oxygens (including phenoxy) is 1. The predicted molar refractivity (Wildman–Crippen MR) is 88.1 cm³/mol. The summed E-state index contributed by atoms with van der Waals surface area (Å²) < 4.78 is 5.08. The van der Waals surface area contributed by atoms with Crippen molar-refractivity contribution in [2.45, 2.75) is 13.8 Å². The van der Waals surface area contributed by atoms with Crippen LogP contribution < -0.4 is 20.7 Å². The summed E-state index contributed by atoms with van der Waals surface area (Å²) in [4.78, 5) is 34.0. The first-order valence-electron chi connectivity index (χ1n) is 7.19. The molecule has 0 fully saturated rings. The highest BCUT2D eigenvalue weighted by Crippen LogP contribution is 2.24. The Morgan fingerprint density at radius 2 is 1.92 bits per heavy atom. The number of nitrogens with one attached hydrogen (secondary N) is 3. The highest BCUT2D eigenvalue weighted by Gasteiger charge is 2.19. The Morgan fingerprint density at radius 1 is 1.25 bits per heavy atom. The zero-order chi connectivity index (χ0) is 18.1. The Kier molecular flexibility index (Phi) is 7.02. The van der Waals surface area contributed by atoms with Gasteiger partial charge in [0.05, 0.1) is 5.69 Å². The van der Waals surface area contributed by atoms with Crippen molar-refractivity contribution in [2.24, 2.45) is 0 Å². The van der Waals surface area contributed by atoms with E-state index in [0.717, 1.165) is 6.08 Å². The second-order valence-corrected chi connectivity index (χ2v) is 4.28. The van der Waals surface area contributed by atoms with Crippen LogP contribution in [-0.4, -0.2) is 29.5 Å². The van der Waals surface area contributed by atoms with Gasteiger partial charge in [-0.05, 0) is 12.1 Å². The van der Waals surface area contributed by atoms with E-state index >= 15 is 0 Å². The number of anilines is 1. The van der Waals surface area contributed by atoms with Gasteiger partial charge in [-0.25, -0.2) is 4.79 Å². The Balaban J connectivity index is 0.00000139. The van der Waals surface area contributed by atoms with E-state index in [2.05, 4.69) is 22.5 Å². The highest BCUT2D eigenvalue weighted by molar-refractivity contribution is 6.09. The highest BCUT2D eigenvalue weighted by atomic mass is 16.5. The van der Waals surface area contributed by atoms with Crippen LogP contribution in [0.25, 0.3) is 0 Å². The molecule has 0 spiro atoms. The summed E-state index contributed by atoms with van der Waals surface area (Å²) >= 11 is 0. The Bertz CT molecular complexity index is 682. The zero-order valence-electron chi connectivity index (χ0n) is 13.4. The molecular weight excluding hydrogens is 314 g/mol. The topological polar surface area (TPSA) is 117 Å². The van der Waals surface area contributed by atoms with E-state index in [1.54, 1.807) is 18.2 Å². The molecular formula is C16H19N3O5. The molecule has 0 aromatic heterocycles. The van der Waals surface area contributed by atoms with Gasteiger partial charge in [0.15, 0.2) is 6.61 Å². The second kappa shape index (κ2) is 8.99. The lowest BCUT2D eigenvalue weighted by atomic mass is 10.2. The van der Waals surface area contributed by atoms with E-state index in [4.69, 9.17) is 9.84 Å². The van der Waals surface area contributed by atoms with Crippen LogP contribution in [0.4, 0.5) is 5.69 Å². The first-order valence-corrected chi connectivity index (χ1v) is 7.19. The van der Waals surface area contributed by atoms with Crippen LogP contribution in [0.2, 0.25) is 0 Å². The molecule has 2 amide bonds. The quantitative estimate of drug-likeness (QED) is 0.643. The normalized spacial score (nSPS) is 12.7. The number of carbonyl (C=O) groups is 3. The third-order valence-electron chi connectivity index (χ3n) is 2.57. The van der Waals surface area contributed by atoms with Crippen LogP contribution in [-0.2, 0) is 14.4 Å². The molecule has 1 aromatic rings. The Hall–Kier alpha value is -3.29. The van der Waals surface area contributed by atoms with Crippen molar-refractivity contribution in [3.8, 4) is 5.75 Å². The third-order valence-corrected chi connectivity index (χ3v) is 2.57. The zero-order valence-corrected chi connectivity index (χ0v) is 13.4. The smallest absolute Gasteiger partial charge is 0.341 e. The molecule has 128 valence electrons. The van der Waals surface area contributed by atoms with Crippen molar-refractivity contribution in [1.29, 1.82) is 0 Å². The maximum absolute atomic E-state index is 12.1. The SMILES string of the molecule is C=C1NC(=O)C=C(C(=O)Nc2ccccc2OCC(=O)O)N1.CC. The molecule has 0 saturated heterocycles. The number of carbonyl (C=O) groups excluding carboxylic acids is 2. The number of hydrogen-bond donors (Lipinski definition) is 4. The van der Waals surface area contributed by atoms with Crippen LogP contribution in [0.5, 0.6) is 5.75 Å². The van der Waals surface area contributed by atoms with Gasteiger partial charge < -0.3 is 25.8 Å². The number of amides is 2. The van der Waals surface area contributed by atoms with Gasteiger partial charge in [-0.1, -0.05) is 32.6 Å². The summed E-state index contributed by atoms with van der Waals surface area (Å²) in [6, 6.07) is 6.36. The fourth-order valence-corrected chi connectivity index (χ4v) is 1.69. The second-order valence-electron chi connectivity index (χ2n) is 4.28. The van der Waals surface area contributed by atoms with Crippen LogP contribution in [0, 0.1) is 0 Å². The first kappa shape index (κ1) is 18.8. The molecule has 0 bridgehead atoms. The number of benzene rings is 1. The van der Waals surface area contributed by atoms with Crippen LogP contribution >= 0.6 is 0 Å². The molecule has 0 unspecified atom stereocenters. The van der Waals surface area contributed by atoms with Gasteiger partial charge >= 0.3 is 5.97 Å². The number of rotatable bonds is 5. The summed E-state index contributed by atoms with van der Waals surface area (Å²) in [5.74, 6) is -1.79. The monoisotopic (exact) mass is 333 g/mol. The lowest BCUT2D eigenvalue weighted by Gasteiger charge is -2.18. The molecule has 1 aliphatic rings. The van der Waals surface area contributed by atoms with Crippen molar-refractivity contribution in [1.82, 2.24) is 10.6 Å². The molecule has 0 atom stereocenters. The van der Waals surface area contributed by atoms with Gasteiger partial charge in [0.25, 0.3) is 11.8 Å². The average molecular weight is 333 g/mol. The van der Waals surface area contributed by atoms with Crippen molar-refractivity contribution in [3.05, 3.63) is 48.4 Å². The van der Waals surface area contributed by atoms with E-state index in [-0.39, 0.29) is 23.0 Å². The number of carboxylic acid groups (broad SMARTS) is 1. The first-order chi connectivity index (χ1) is 11.5. The number of aliphatic carboxylic acids is 1. The van der Waals surface area contributed by atoms with E-state index < -0.39 is 24.4 Å². The molecule has 1 aliphatic heterocycles. The van der Waals surface area contributed by atoms with Gasteiger partial charge in [0.2, 0.25) is 0 Å². The largest absolute Gasteiger partial charge is 0.480 e. The van der Waals surface area contributed by atoms with Crippen LogP contribution in [0.1, 0.15) is 13.8 Å². The van der Waals surface area contributed by atoms with Gasteiger partial charge in [0, 0.05) is 6.08 Å². The van der Waals surface area contributed by atoms with E-state index in [1.807, 2.05) is 13.8 Å². The fourth-order valence-electron chi connectivity index (χ4n) is 1.69. The van der Waals surface area contributed by atoms with Crippen molar-refractivity contribution in [2.75, 3.05) is 11.9 Å². The van der Waals surface area contributed by atoms with E-state index in [1.165, 1.54) is 6.07 Å². The maximum Gasteiger partial charge on any atom is 0.341 e. The molecule has 2 rings (SSSR count). The van der Waals surface area contributed by atoms with Crippen LogP contribution in [0.15, 0.2) is 48.4 Å². The van der Waals surface area contributed by atoms with Gasteiger partial charge in [0.1, 0.15) is 17.3 Å². The molecule has 0 aliphatic carbocycles. The van der Waals surface area contributed by atoms with E-state index in [9.17, 15) is 14.4 Å². The molecule has 24 heavy (non-hydrogen) atoms. The molecule has 4 N–H and O–H groups in total. The average Bonchev–Trinajstić information content (AvgIpc) is 2.55. The maximum atomic E-state index is 12.1. The molecule has 8 heteroatoms. The third kappa shape index (κ3) is 5.48. The van der Waals surface area contributed by atoms with Gasteiger partial charge in [-0.2, -0.15) is 0 Å². The van der Waals surface area contributed by atoms with Crippen LogP contribution in [0.3, 0.4) is 0 Å². The molecule has 0 radical (unpaired) electrons. The summed E-state index contributed by atoms with van der Waals surface area (Å²) in [6.45, 7) is 6.98. The minimum absolute atomic E-state index is 0.0155. The Morgan fingerprint density at radius 3 is 2.54 bits per heavy atom. The van der Waals surface area contributed by atoms with Crippen molar-refractivity contribution in [3.63, 3.8) is 0 Å². The minimum atomic E-state index is -1.13. The molecule has 8 nitrogen and oxygen atoms in total. The molecule has 1 heterocycles. The lowest BCUT2D eigenvalue weighted by molar-refractivity contribution is -0.139. The standard InChI is InChI=1S/C14H13N3O5.C2H6/c1-8-15-10(6-12(18)16-8)14(21)17-9-4-2-3-5-11(9)22-7-13(19)20;1-2/h2-6,15H,1,7H2,(H,16,18)(H,17,21)(H,19,20);1-2H3. The summed E-state index contributed by atoms with van der Waals surface area (Å²) in [5.41, 5.74) is 0.301. The molecule has 0 saturated carbocycles. The summed E-state index contributed by atoms with van der Waals surface area (Å²) in [5, 5.41) is 16.2. The number of para-hydroxylation sites is 2. The van der Waals surface area contributed by atoms with Gasteiger partial charge in [-0.15, -0.1) is 0 Å². The lowest BCUT2D eigenvalue weighted by Crippen LogP contribution is -2.39. The van der Waals surface area contributed by atoms with Crippen molar-refractivity contribution >= 4 is 23.5 Å². The van der Waals surface area contributed by atoms with Gasteiger partial charge in [-0.3, -0.25) is 9.59 Å². The van der Waals surface area contributed by atoms with E-state index in [0.29, 0.717) is 0 Å². The fraction of sp³-hybridized carbons (Fsp3) is 0.188. The number of carboxylic acids is 1. The number of hydrogen-bond acceptors (Lipinski definition) is 5. The van der Waals surface area contributed by atoms with Crippen molar-refractivity contribution < 1.29 is 24.2 Å². The minimum Gasteiger partial charge on any atom is -0.480 e. The Labute approximate surface area is 139 Å². The summed E-state index contributed by atoms with van der Waals surface area (Å²) in [6.07, 6.45) is 1.09. The predicted octanol–water partition coefficient (Wildman–Crippen LogP) is 1.19. The molecule has 1 aromatic carbocycles.